The summed E-state index contributed by atoms with van der Waals surface area (Å²) in [7, 11) is 3.26. The molecular weight excluding hydrogens is 368 g/mol. The monoisotopic (exact) mass is 392 g/mol. The molecule has 0 saturated heterocycles. The summed E-state index contributed by atoms with van der Waals surface area (Å²) in [6.45, 7) is 2.45. The van der Waals surface area contributed by atoms with Gasteiger partial charge in [0.25, 0.3) is 0 Å². The van der Waals surface area contributed by atoms with Gasteiger partial charge in [-0.2, -0.15) is 0 Å². The van der Waals surface area contributed by atoms with E-state index < -0.39 is 0 Å². The Kier molecular flexibility index (Phi) is 5.21. The number of fused-ring (bicyclic) bond motifs is 1. The van der Waals surface area contributed by atoms with E-state index in [4.69, 9.17) is 18.9 Å². The van der Waals surface area contributed by atoms with Crippen molar-refractivity contribution in [3.05, 3.63) is 77.4 Å². The standard InChI is InChI=1S/C24H24O5/c1-15-19-12-20(25)23(28-14-16-7-5-4-6-8-16)13-22(19)29-24(15)18-10-9-17(26-2)11-21(18)27-3/h4-13,15,24-25H,14H2,1-3H3/t15-,24-/m0/s1. The van der Waals surface area contributed by atoms with E-state index in [1.807, 2.05) is 48.5 Å². The first-order valence-corrected chi connectivity index (χ1v) is 9.53. The number of benzene rings is 3. The lowest BCUT2D eigenvalue weighted by molar-refractivity contribution is 0.209. The van der Waals surface area contributed by atoms with Crippen LogP contribution >= 0.6 is 0 Å². The van der Waals surface area contributed by atoms with E-state index in [9.17, 15) is 5.11 Å². The molecule has 0 spiro atoms. The van der Waals surface area contributed by atoms with E-state index in [0.717, 1.165) is 22.4 Å². The quantitative estimate of drug-likeness (QED) is 0.623. The van der Waals surface area contributed by atoms with E-state index in [0.29, 0.717) is 23.9 Å². The number of ether oxygens (including phenoxy) is 4. The van der Waals surface area contributed by atoms with Gasteiger partial charge in [-0.1, -0.05) is 37.3 Å². The molecule has 1 aliphatic rings. The molecule has 4 rings (SSSR count). The number of phenolic OH excluding ortho intramolecular Hbond substituents is 1. The average Bonchev–Trinajstić information content (AvgIpc) is 3.07. The van der Waals surface area contributed by atoms with Crippen molar-refractivity contribution in [3.63, 3.8) is 0 Å². The molecule has 3 aromatic rings. The van der Waals surface area contributed by atoms with Crippen LogP contribution in [0.15, 0.2) is 60.7 Å². The molecule has 0 aromatic heterocycles. The fourth-order valence-corrected chi connectivity index (χ4v) is 3.66. The van der Waals surface area contributed by atoms with Gasteiger partial charge in [-0.3, -0.25) is 0 Å². The Morgan fingerprint density at radius 3 is 2.41 bits per heavy atom. The van der Waals surface area contributed by atoms with Gasteiger partial charge in [0, 0.05) is 29.2 Å². The maximum Gasteiger partial charge on any atom is 0.165 e. The molecule has 1 N–H and O–H groups in total. The smallest absolute Gasteiger partial charge is 0.165 e. The summed E-state index contributed by atoms with van der Waals surface area (Å²) in [6.07, 6.45) is -0.227. The summed E-state index contributed by atoms with van der Waals surface area (Å²) in [5.41, 5.74) is 2.91. The summed E-state index contributed by atoms with van der Waals surface area (Å²) < 4.78 is 22.9. The van der Waals surface area contributed by atoms with Gasteiger partial charge in [0.1, 0.15) is 30.0 Å². The fourth-order valence-electron chi connectivity index (χ4n) is 3.66. The molecule has 0 radical (unpaired) electrons. The second-order valence-electron chi connectivity index (χ2n) is 7.07. The molecule has 1 aliphatic heterocycles. The summed E-state index contributed by atoms with van der Waals surface area (Å²) >= 11 is 0. The van der Waals surface area contributed by atoms with Crippen LogP contribution in [0.5, 0.6) is 28.7 Å². The minimum Gasteiger partial charge on any atom is -0.504 e. The molecule has 2 atom stereocenters. The van der Waals surface area contributed by atoms with Gasteiger partial charge in [-0.25, -0.2) is 0 Å². The highest BCUT2D eigenvalue weighted by atomic mass is 16.5. The molecule has 150 valence electrons. The number of rotatable bonds is 6. The Balaban J connectivity index is 1.59. The molecule has 0 amide bonds. The van der Waals surface area contributed by atoms with Crippen molar-refractivity contribution in [3.8, 4) is 28.7 Å². The maximum absolute atomic E-state index is 10.5. The van der Waals surface area contributed by atoms with E-state index in [-0.39, 0.29) is 17.8 Å². The van der Waals surface area contributed by atoms with Crippen LogP contribution in [-0.2, 0) is 6.61 Å². The molecule has 29 heavy (non-hydrogen) atoms. The molecule has 0 bridgehead atoms. The largest absolute Gasteiger partial charge is 0.504 e. The lowest BCUT2D eigenvalue weighted by Crippen LogP contribution is -2.09. The molecule has 5 heteroatoms. The average molecular weight is 392 g/mol. The Bertz CT molecular complexity index is 1000. The van der Waals surface area contributed by atoms with Crippen molar-refractivity contribution in [1.82, 2.24) is 0 Å². The van der Waals surface area contributed by atoms with Crippen LogP contribution < -0.4 is 18.9 Å². The normalized spacial score (nSPS) is 17.3. The summed E-state index contributed by atoms with van der Waals surface area (Å²) in [5.74, 6) is 2.70. The number of methoxy groups -OCH3 is 2. The number of hydrogen-bond donors (Lipinski definition) is 1. The third-order valence-corrected chi connectivity index (χ3v) is 5.27. The number of aromatic hydroxyl groups is 1. The zero-order chi connectivity index (χ0) is 20.4. The minimum absolute atomic E-state index is 0.0429. The zero-order valence-corrected chi connectivity index (χ0v) is 16.7. The van der Waals surface area contributed by atoms with Gasteiger partial charge < -0.3 is 24.1 Å². The number of phenols is 1. The fraction of sp³-hybridized carbons (Fsp3) is 0.250. The van der Waals surface area contributed by atoms with Gasteiger partial charge in [0.2, 0.25) is 0 Å². The molecule has 3 aromatic carbocycles. The van der Waals surface area contributed by atoms with E-state index >= 15 is 0 Å². The predicted octanol–water partition coefficient (Wildman–Crippen LogP) is 5.23. The Morgan fingerprint density at radius 1 is 0.897 bits per heavy atom. The highest BCUT2D eigenvalue weighted by Gasteiger charge is 2.35. The van der Waals surface area contributed by atoms with E-state index in [1.165, 1.54) is 0 Å². The topological polar surface area (TPSA) is 57.2 Å². The van der Waals surface area contributed by atoms with Gasteiger partial charge in [-0.15, -0.1) is 0 Å². The molecule has 0 saturated carbocycles. The summed E-state index contributed by atoms with van der Waals surface area (Å²) in [4.78, 5) is 0. The van der Waals surface area contributed by atoms with Crippen LogP contribution in [0.1, 0.15) is 35.6 Å². The Hall–Kier alpha value is -3.34. The first kappa shape index (κ1) is 19.0. The predicted molar refractivity (Wildman–Crippen MR) is 110 cm³/mol. The third-order valence-electron chi connectivity index (χ3n) is 5.27. The van der Waals surface area contributed by atoms with E-state index in [1.54, 1.807) is 26.4 Å². The highest BCUT2D eigenvalue weighted by Crippen LogP contribution is 2.51. The molecule has 0 aliphatic carbocycles. The van der Waals surface area contributed by atoms with Crippen molar-refractivity contribution in [1.29, 1.82) is 0 Å². The SMILES string of the molecule is COc1ccc([C@H]2Oc3cc(OCc4ccccc4)c(O)cc3[C@@H]2C)c(OC)c1. The first-order valence-electron chi connectivity index (χ1n) is 9.53. The molecule has 0 fully saturated rings. The van der Waals surface area contributed by atoms with Crippen molar-refractivity contribution in [2.24, 2.45) is 0 Å². The molecule has 5 nitrogen and oxygen atoms in total. The second kappa shape index (κ2) is 7.95. The molecule has 0 unspecified atom stereocenters. The minimum atomic E-state index is -0.227. The van der Waals surface area contributed by atoms with Crippen LogP contribution in [0.4, 0.5) is 0 Å². The first-order chi connectivity index (χ1) is 14.1. The summed E-state index contributed by atoms with van der Waals surface area (Å²) in [5, 5.41) is 10.5. The van der Waals surface area contributed by atoms with Gasteiger partial charge >= 0.3 is 0 Å². The lowest BCUT2D eigenvalue weighted by Gasteiger charge is -2.19. The zero-order valence-electron chi connectivity index (χ0n) is 16.7. The van der Waals surface area contributed by atoms with Crippen molar-refractivity contribution >= 4 is 0 Å². The van der Waals surface area contributed by atoms with Gasteiger partial charge in [-0.05, 0) is 23.8 Å². The molecular formula is C24H24O5. The van der Waals surface area contributed by atoms with Crippen LogP contribution in [0, 0.1) is 0 Å². The van der Waals surface area contributed by atoms with Gasteiger partial charge in [0.05, 0.1) is 14.2 Å². The Morgan fingerprint density at radius 2 is 1.69 bits per heavy atom. The maximum atomic E-state index is 10.5. The van der Waals surface area contributed by atoms with Crippen LogP contribution in [0.2, 0.25) is 0 Å². The highest BCUT2D eigenvalue weighted by molar-refractivity contribution is 5.55. The van der Waals surface area contributed by atoms with Crippen molar-refractivity contribution in [2.75, 3.05) is 14.2 Å². The Labute approximate surface area is 170 Å². The van der Waals surface area contributed by atoms with Crippen LogP contribution in [-0.4, -0.2) is 19.3 Å². The van der Waals surface area contributed by atoms with E-state index in [2.05, 4.69) is 6.92 Å². The second-order valence-corrected chi connectivity index (χ2v) is 7.07. The van der Waals surface area contributed by atoms with Crippen molar-refractivity contribution in [2.45, 2.75) is 25.6 Å². The van der Waals surface area contributed by atoms with Crippen molar-refractivity contribution < 1.29 is 24.1 Å². The van der Waals surface area contributed by atoms with Crippen LogP contribution in [0.3, 0.4) is 0 Å². The number of hydrogen-bond acceptors (Lipinski definition) is 5. The van der Waals surface area contributed by atoms with Gasteiger partial charge in [0.15, 0.2) is 11.5 Å². The molecule has 1 heterocycles. The third kappa shape index (κ3) is 3.68. The lowest BCUT2D eigenvalue weighted by atomic mass is 9.92. The van der Waals surface area contributed by atoms with Crippen LogP contribution in [0.25, 0.3) is 0 Å². The summed E-state index contributed by atoms with van der Waals surface area (Å²) in [6, 6.07) is 19.0.